The third-order valence-corrected chi connectivity index (χ3v) is 3.21. The van der Waals surface area contributed by atoms with E-state index in [1.54, 1.807) is 23.1 Å². The van der Waals surface area contributed by atoms with E-state index >= 15 is 0 Å². The zero-order chi connectivity index (χ0) is 15.4. The van der Waals surface area contributed by atoms with Crippen molar-refractivity contribution in [1.29, 1.82) is 5.26 Å². The molecule has 108 valence electrons. The highest BCUT2D eigenvalue weighted by Gasteiger charge is 2.05. The van der Waals surface area contributed by atoms with Crippen LogP contribution in [0.1, 0.15) is 11.1 Å². The van der Waals surface area contributed by atoms with Gasteiger partial charge in [-0.15, -0.1) is 0 Å². The van der Waals surface area contributed by atoms with Crippen LogP contribution in [0.25, 0.3) is 11.0 Å². The van der Waals surface area contributed by atoms with Gasteiger partial charge in [-0.3, -0.25) is 0 Å². The molecule has 0 radical (unpaired) electrons. The van der Waals surface area contributed by atoms with Crippen molar-refractivity contribution in [3.05, 3.63) is 66.0 Å². The molecule has 0 spiro atoms. The number of urea groups is 1. The predicted molar refractivity (Wildman–Crippen MR) is 82.5 cm³/mol. The molecule has 2 amide bonds. The van der Waals surface area contributed by atoms with Gasteiger partial charge in [0.25, 0.3) is 0 Å². The molecule has 2 aromatic carbocycles. The number of fused-ring (bicyclic) bond motifs is 1. The van der Waals surface area contributed by atoms with Crippen molar-refractivity contribution in [2.24, 2.45) is 0 Å². The summed E-state index contributed by atoms with van der Waals surface area (Å²) in [6, 6.07) is 16.3. The topological polar surface area (TPSA) is 82.7 Å². The molecule has 0 bridgehead atoms. The second-order valence-electron chi connectivity index (χ2n) is 4.71. The van der Waals surface area contributed by atoms with Crippen LogP contribution in [0.4, 0.5) is 4.79 Å². The van der Waals surface area contributed by atoms with Gasteiger partial charge in [-0.25, -0.2) is 19.9 Å². The summed E-state index contributed by atoms with van der Waals surface area (Å²) in [7, 11) is 0. The van der Waals surface area contributed by atoms with E-state index in [4.69, 9.17) is 5.26 Å². The van der Waals surface area contributed by atoms with Gasteiger partial charge in [0.15, 0.2) is 0 Å². The van der Waals surface area contributed by atoms with Gasteiger partial charge in [0.2, 0.25) is 0 Å². The van der Waals surface area contributed by atoms with Crippen molar-refractivity contribution < 1.29 is 4.79 Å². The van der Waals surface area contributed by atoms with Crippen molar-refractivity contribution >= 4 is 17.1 Å². The normalized spacial score (nSPS) is 10.1. The fourth-order valence-corrected chi connectivity index (χ4v) is 2.08. The minimum atomic E-state index is -0.326. The van der Waals surface area contributed by atoms with Gasteiger partial charge >= 0.3 is 6.03 Å². The van der Waals surface area contributed by atoms with Crippen molar-refractivity contribution in [1.82, 2.24) is 15.0 Å². The van der Waals surface area contributed by atoms with E-state index in [9.17, 15) is 4.79 Å². The fourth-order valence-electron chi connectivity index (χ4n) is 2.08. The number of benzene rings is 2. The average molecular weight is 291 g/mol. The lowest BCUT2D eigenvalue weighted by atomic mass is 10.1. The number of nitrogens with one attached hydrogen (secondary N) is 2. The highest BCUT2D eigenvalue weighted by Crippen LogP contribution is 2.09. The Balaban J connectivity index is 1.61. The summed E-state index contributed by atoms with van der Waals surface area (Å²) in [5.74, 6) is 0. The maximum atomic E-state index is 11.9. The smallest absolute Gasteiger partial charge is 0.333 e. The molecule has 0 unspecified atom stereocenters. The maximum absolute atomic E-state index is 11.9. The molecule has 0 aliphatic heterocycles. The number of nitrogens with zero attached hydrogens (tertiary/aromatic N) is 3. The van der Waals surface area contributed by atoms with Crippen LogP contribution in [0.5, 0.6) is 0 Å². The first-order chi connectivity index (χ1) is 10.8. The molecule has 6 nitrogen and oxygen atoms in total. The summed E-state index contributed by atoms with van der Waals surface area (Å²) < 4.78 is 1.57. The number of carbonyl (C=O) groups excluding carboxylic acids is 1. The fraction of sp³-hybridized carbons (Fsp3) is 0.0625. The molecule has 3 aromatic rings. The van der Waals surface area contributed by atoms with Crippen molar-refractivity contribution in [3.63, 3.8) is 0 Å². The second-order valence-corrected chi connectivity index (χ2v) is 4.71. The molecular formula is C16H13N5O. The van der Waals surface area contributed by atoms with Crippen molar-refractivity contribution in [2.45, 2.75) is 6.54 Å². The lowest BCUT2D eigenvalue weighted by molar-refractivity contribution is 0.249. The molecule has 6 heteroatoms. The highest BCUT2D eigenvalue weighted by molar-refractivity contribution is 5.85. The Morgan fingerprint density at radius 1 is 1.18 bits per heavy atom. The number of nitriles is 1. The first-order valence-corrected chi connectivity index (χ1v) is 6.72. The van der Waals surface area contributed by atoms with Crippen LogP contribution in [0.3, 0.4) is 0 Å². The van der Waals surface area contributed by atoms with Gasteiger partial charge in [0.05, 0.1) is 22.7 Å². The lowest BCUT2D eigenvalue weighted by Gasteiger charge is -2.09. The minimum Gasteiger partial charge on any atom is -0.333 e. The Bertz CT molecular complexity index is 845. The van der Waals surface area contributed by atoms with Crippen LogP contribution in [-0.4, -0.2) is 15.7 Å². The third kappa shape index (κ3) is 2.88. The molecule has 1 heterocycles. The SMILES string of the molecule is N#Cc1ccc(CNC(=O)Nn2cnc3ccccc32)cc1. The van der Waals surface area contributed by atoms with E-state index in [1.807, 2.05) is 36.4 Å². The summed E-state index contributed by atoms with van der Waals surface area (Å²) in [4.78, 5) is 16.1. The van der Waals surface area contributed by atoms with Crippen molar-refractivity contribution in [3.8, 4) is 6.07 Å². The lowest BCUT2D eigenvalue weighted by Crippen LogP contribution is -2.33. The molecular weight excluding hydrogens is 278 g/mol. The monoisotopic (exact) mass is 291 g/mol. The quantitative estimate of drug-likeness (QED) is 0.777. The number of amides is 2. The van der Waals surface area contributed by atoms with Crippen LogP contribution >= 0.6 is 0 Å². The Kier molecular flexibility index (Phi) is 3.70. The van der Waals surface area contributed by atoms with Gasteiger partial charge in [-0.2, -0.15) is 5.26 Å². The van der Waals surface area contributed by atoms with Crippen molar-refractivity contribution in [2.75, 3.05) is 5.43 Å². The summed E-state index contributed by atoms with van der Waals surface area (Å²) in [5.41, 5.74) is 5.87. The number of rotatable bonds is 3. The number of para-hydroxylation sites is 2. The molecule has 0 atom stereocenters. The third-order valence-electron chi connectivity index (χ3n) is 3.21. The van der Waals surface area contributed by atoms with E-state index in [2.05, 4.69) is 21.8 Å². The second kappa shape index (κ2) is 5.97. The summed E-state index contributed by atoms with van der Waals surface area (Å²) in [6.45, 7) is 0.379. The Morgan fingerprint density at radius 3 is 2.73 bits per heavy atom. The van der Waals surface area contributed by atoms with Crippen LogP contribution < -0.4 is 10.7 Å². The summed E-state index contributed by atoms with van der Waals surface area (Å²) >= 11 is 0. The van der Waals surface area contributed by atoms with E-state index in [-0.39, 0.29) is 6.03 Å². The first-order valence-electron chi connectivity index (χ1n) is 6.72. The maximum Gasteiger partial charge on any atom is 0.334 e. The molecule has 0 aliphatic carbocycles. The van der Waals surface area contributed by atoms with E-state index < -0.39 is 0 Å². The number of hydrogen-bond acceptors (Lipinski definition) is 3. The summed E-state index contributed by atoms with van der Waals surface area (Å²) in [6.07, 6.45) is 1.56. The number of carbonyl (C=O) groups is 1. The Hall–Kier alpha value is -3.33. The van der Waals surface area contributed by atoms with Gasteiger partial charge < -0.3 is 5.32 Å². The number of aromatic nitrogens is 2. The largest absolute Gasteiger partial charge is 0.334 e. The average Bonchev–Trinajstić information content (AvgIpc) is 2.97. The van der Waals surface area contributed by atoms with Gasteiger partial charge in [0.1, 0.15) is 6.33 Å². The van der Waals surface area contributed by atoms with Gasteiger partial charge in [-0.1, -0.05) is 24.3 Å². The number of hydrogen-bond donors (Lipinski definition) is 2. The molecule has 22 heavy (non-hydrogen) atoms. The molecule has 2 N–H and O–H groups in total. The standard InChI is InChI=1S/C16H13N5O/c17-9-12-5-7-13(8-6-12)10-18-16(22)20-21-11-19-14-3-1-2-4-15(14)21/h1-8,11H,10H2,(H2,18,20,22). The number of imidazole rings is 1. The Labute approximate surface area is 127 Å². The molecule has 0 aliphatic rings. The van der Waals surface area contributed by atoms with Crippen LogP contribution in [-0.2, 0) is 6.54 Å². The van der Waals surface area contributed by atoms with Gasteiger partial charge in [0, 0.05) is 6.54 Å². The molecule has 0 saturated heterocycles. The molecule has 3 rings (SSSR count). The van der Waals surface area contributed by atoms with Gasteiger partial charge in [-0.05, 0) is 29.8 Å². The van der Waals surface area contributed by atoms with E-state index in [0.717, 1.165) is 16.6 Å². The highest BCUT2D eigenvalue weighted by atomic mass is 16.2. The zero-order valence-electron chi connectivity index (χ0n) is 11.7. The molecule has 0 saturated carbocycles. The molecule has 1 aromatic heterocycles. The zero-order valence-corrected chi connectivity index (χ0v) is 11.7. The van der Waals surface area contributed by atoms with E-state index in [0.29, 0.717) is 12.1 Å². The first kappa shape index (κ1) is 13.6. The van der Waals surface area contributed by atoms with Crippen LogP contribution in [0.2, 0.25) is 0 Å². The predicted octanol–water partition coefficient (Wildman–Crippen LogP) is 2.36. The molecule has 0 fully saturated rings. The van der Waals surface area contributed by atoms with Crippen LogP contribution in [0.15, 0.2) is 54.9 Å². The minimum absolute atomic E-state index is 0.326. The Morgan fingerprint density at radius 2 is 1.95 bits per heavy atom. The summed E-state index contributed by atoms with van der Waals surface area (Å²) in [5, 5.41) is 11.5. The van der Waals surface area contributed by atoms with Crippen LogP contribution in [0, 0.1) is 11.3 Å². The van der Waals surface area contributed by atoms with E-state index in [1.165, 1.54) is 0 Å².